The van der Waals surface area contributed by atoms with Gasteiger partial charge in [-0.3, -0.25) is 9.59 Å². The van der Waals surface area contributed by atoms with Crippen LogP contribution in [-0.4, -0.2) is 22.9 Å². The number of hydrogen-bond acceptors (Lipinski definition) is 4. The van der Waals surface area contributed by atoms with Crippen LogP contribution in [0.5, 0.6) is 0 Å². The maximum absolute atomic E-state index is 12.0. The van der Waals surface area contributed by atoms with E-state index in [1.165, 1.54) is 28.2 Å². The third-order valence-corrected chi connectivity index (χ3v) is 5.16. The summed E-state index contributed by atoms with van der Waals surface area (Å²) in [6.07, 6.45) is 1.90. The Hall–Kier alpha value is -2.51. The first kappa shape index (κ1) is 17.3. The third-order valence-electron chi connectivity index (χ3n) is 3.50. The molecule has 0 aliphatic rings. The molecule has 1 aromatic carbocycles. The molecule has 2 aromatic heterocycles. The van der Waals surface area contributed by atoms with Crippen molar-refractivity contribution in [3.63, 3.8) is 0 Å². The van der Waals surface area contributed by atoms with Gasteiger partial charge in [0.25, 0.3) is 11.8 Å². The lowest BCUT2D eigenvalue weighted by atomic mass is 10.1. The Bertz CT molecular complexity index is 922. The van der Waals surface area contributed by atoms with Gasteiger partial charge < -0.3 is 9.88 Å². The number of benzene rings is 1. The van der Waals surface area contributed by atoms with E-state index in [0.29, 0.717) is 16.2 Å². The number of nitrogens with one attached hydrogen (secondary N) is 1. The molecule has 25 heavy (non-hydrogen) atoms. The summed E-state index contributed by atoms with van der Waals surface area (Å²) in [6, 6.07) is 11.8. The van der Waals surface area contributed by atoms with E-state index >= 15 is 0 Å². The molecule has 0 aliphatic carbocycles. The van der Waals surface area contributed by atoms with Crippen molar-refractivity contribution in [1.82, 2.24) is 9.88 Å². The first-order chi connectivity index (χ1) is 12.1. The van der Waals surface area contributed by atoms with Crippen molar-refractivity contribution >= 4 is 34.5 Å². The molecule has 2 heterocycles. The van der Waals surface area contributed by atoms with Crippen molar-refractivity contribution in [3.05, 3.63) is 74.2 Å². The molecule has 3 rings (SSSR count). The molecule has 3 aromatic rings. The first-order valence-corrected chi connectivity index (χ1v) is 9.46. The van der Waals surface area contributed by atoms with Gasteiger partial charge in [0.15, 0.2) is 4.80 Å². The van der Waals surface area contributed by atoms with Crippen molar-refractivity contribution in [3.8, 4) is 0 Å². The van der Waals surface area contributed by atoms with Gasteiger partial charge in [0.1, 0.15) is 0 Å². The zero-order valence-electron chi connectivity index (χ0n) is 13.6. The summed E-state index contributed by atoms with van der Waals surface area (Å²) in [5, 5.41) is 6.31. The number of hydrogen-bond donors (Lipinski definition) is 1. The van der Waals surface area contributed by atoms with Crippen LogP contribution in [0.25, 0.3) is 0 Å². The zero-order chi connectivity index (χ0) is 17.6. The normalized spacial score (nSPS) is 11.5. The molecule has 0 aliphatic heterocycles. The molecule has 0 radical (unpaired) electrons. The Labute approximate surface area is 153 Å². The summed E-state index contributed by atoms with van der Waals surface area (Å²) >= 11 is 2.73. The Balaban J connectivity index is 1.65. The summed E-state index contributed by atoms with van der Waals surface area (Å²) in [5.74, 6) is -0.623. The van der Waals surface area contributed by atoms with Crippen LogP contribution in [0, 0.1) is 6.92 Å². The molecule has 128 valence electrons. The second kappa shape index (κ2) is 8.04. The predicted molar refractivity (Wildman–Crippen MR) is 99.8 cm³/mol. The van der Waals surface area contributed by atoms with Crippen molar-refractivity contribution < 1.29 is 9.59 Å². The second-order valence-electron chi connectivity index (χ2n) is 5.46. The SMILES string of the molecule is Cc1ccc(Cn2ccsc2=NC(=O)CNC(=O)c2cccs2)cc1. The van der Waals surface area contributed by atoms with Crippen molar-refractivity contribution in [1.29, 1.82) is 0 Å². The average molecular weight is 371 g/mol. The predicted octanol–water partition coefficient (Wildman–Crippen LogP) is 2.83. The molecule has 0 atom stereocenters. The second-order valence-corrected chi connectivity index (χ2v) is 7.29. The number of carbonyl (C=O) groups excluding carboxylic acids is 2. The molecule has 0 fully saturated rings. The fraction of sp³-hybridized carbons (Fsp3) is 0.167. The molecule has 0 saturated heterocycles. The molecule has 1 N–H and O–H groups in total. The van der Waals surface area contributed by atoms with Crippen LogP contribution in [0.2, 0.25) is 0 Å². The van der Waals surface area contributed by atoms with Gasteiger partial charge in [-0.05, 0) is 23.9 Å². The Kier molecular flexibility index (Phi) is 5.57. The summed E-state index contributed by atoms with van der Waals surface area (Å²) in [5.41, 5.74) is 2.35. The quantitative estimate of drug-likeness (QED) is 0.750. The molecular weight excluding hydrogens is 354 g/mol. The highest BCUT2D eigenvalue weighted by atomic mass is 32.1. The fourth-order valence-electron chi connectivity index (χ4n) is 2.19. The van der Waals surface area contributed by atoms with Crippen molar-refractivity contribution in [2.75, 3.05) is 6.54 Å². The summed E-state index contributed by atoms with van der Waals surface area (Å²) in [7, 11) is 0. The summed E-state index contributed by atoms with van der Waals surface area (Å²) < 4.78 is 1.92. The highest BCUT2D eigenvalue weighted by Crippen LogP contribution is 2.07. The van der Waals surface area contributed by atoms with E-state index in [9.17, 15) is 9.59 Å². The first-order valence-electron chi connectivity index (χ1n) is 7.70. The number of thiophene rings is 1. The number of aromatic nitrogens is 1. The highest BCUT2D eigenvalue weighted by Gasteiger charge is 2.08. The smallest absolute Gasteiger partial charge is 0.267 e. The number of thiazole rings is 1. The number of amides is 2. The van der Waals surface area contributed by atoms with Gasteiger partial charge in [0, 0.05) is 18.1 Å². The van der Waals surface area contributed by atoms with Gasteiger partial charge in [-0.15, -0.1) is 22.7 Å². The number of nitrogens with zero attached hydrogens (tertiary/aromatic N) is 2. The Morgan fingerprint density at radius 1 is 1.12 bits per heavy atom. The zero-order valence-corrected chi connectivity index (χ0v) is 15.3. The molecule has 0 bridgehead atoms. The lowest BCUT2D eigenvalue weighted by molar-refractivity contribution is -0.117. The van der Waals surface area contributed by atoms with Gasteiger partial charge in [-0.1, -0.05) is 35.9 Å². The summed E-state index contributed by atoms with van der Waals surface area (Å²) in [6.45, 7) is 2.59. The van der Waals surface area contributed by atoms with Gasteiger partial charge in [0.05, 0.1) is 11.4 Å². The van der Waals surface area contributed by atoms with E-state index in [1.807, 2.05) is 28.4 Å². The maximum atomic E-state index is 12.0. The van der Waals surface area contributed by atoms with Crippen LogP contribution < -0.4 is 10.1 Å². The minimum absolute atomic E-state index is 0.112. The number of aryl methyl sites for hydroxylation is 1. The van der Waals surface area contributed by atoms with E-state index < -0.39 is 0 Å². The molecule has 5 nitrogen and oxygen atoms in total. The lowest BCUT2D eigenvalue weighted by Crippen LogP contribution is -2.29. The monoisotopic (exact) mass is 371 g/mol. The topological polar surface area (TPSA) is 63.5 Å². The molecule has 0 spiro atoms. The fourth-order valence-corrected chi connectivity index (χ4v) is 3.58. The van der Waals surface area contributed by atoms with Crippen LogP contribution in [-0.2, 0) is 11.3 Å². The van der Waals surface area contributed by atoms with Crippen LogP contribution >= 0.6 is 22.7 Å². The van der Waals surface area contributed by atoms with Gasteiger partial charge >= 0.3 is 0 Å². The standard InChI is InChI=1S/C18H17N3O2S2/c1-13-4-6-14(7-5-13)12-21-8-10-25-18(21)20-16(22)11-19-17(23)15-3-2-9-24-15/h2-10H,11-12H2,1H3,(H,19,23). The van der Waals surface area contributed by atoms with E-state index in [4.69, 9.17) is 0 Å². The molecule has 7 heteroatoms. The molecule has 0 unspecified atom stereocenters. The van der Waals surface area contributed by atoms with Crippen LogP contribution in [0.4, 0.5) is 0 Å². The maximum Gasteiger partial charge on any atom is 0.267 e. The Morgan fingerprint density at radius 3 is 2.64 bits per heavy atom. The van der Waals surface area contributed by atoms with E-state index in [0.717, 1.165) is 5.56 Å². The van der Waals surface area contributed by atoms with E-state index in [-0.39, 0.29) is 18.4 Å². The minimum Gasteiger partial charge on any atom is -0.342 e. The van der Waals surface area contributed by atoms with Crippen molar-refractivity contribution in [2.45, 2.75) is 13.5 Å². The third kappa shape index (κ3) is 4.74. The van der Waals surface area contributed by atoms with E-state index in [2.05, 4.69) is 34.6 Å². The van der Waals surface area contributed by atoms with Crippen LogP contribution in [0.15, 0.2) is 58.3 Å². The van der Waals surface area contributed by atoms with Gasteiger partial charge in [0.2, 0.25) is 0 Å². The minimum atomic E-state index is -0.370. The van der Waals surface area contributed by atoms with E-state index in [1.54, 1.807) is 12.1 Å². The van der Waals surface area contributed by atoms with Gasteiger partial charge in [-0.2, -0.15) is 4.99 Å². The van der Waals surface area contributed by atoms with Crippen LogP contribution in [0.3, 0.4) is 0 Å². The Morgan fingerprint density at radius 2 is 1.92 bits per heavy atom. The number of rotatable bonds is 5. The highest BCUT2D eigenvalue weighted by molar-refractivity contribution is 7.12. The molecule has 0 saturated carbocycles. The van der Waals surface area contributed by atoms with Gasteiger partial charge in [-0.25, -0.2) is 0 Å². The summed E-state index contributed by atoms with van der Waals surface area (Å²) in [4.78, 5) is 29.2. The van der Waals surface area contributed by atoms with Crippen molar-refractivity contribution in [2.24, 2.45) is 4.99 Å². The lowest BCUT2D eigenvalue weighted by Gasteiger charge is -2.04. The molecular formula is C18H17N3O2S2. The number of carbonyl (C=O) groups is 2. The average Bonchev–Trinajstić information content (AvgIpc) is 3.27. The van der Waals surface area contributed by atoms with Crippen LogP contribution in [0.1, 0.15) is 20.8 Å². The largest absolute Gasteiger partial charge is 0.342 e. The molecule has 2 amide bonds.